The quantitative estimate of drug-likeness (QED) is 0.882. The van der Waals surface area contributed by atoms with Crippen LogP contribution in [0.5, 0.6) is 0 Å². The summed E-state index contributed by atoms with van der Waals surface area (Å²) in [5.74, 6) is -0.984. The first-order valence-electron chi connectivity index (χ1n) is 5.94. The van der Waals surface area contributed by atoms with Crippen molar-refractivity contribution < 1.29 is 14.7 Å². The molecule has 1 aliphatic heterocycles. The molecule has 0 aliphatic carbocycles. The van der Waals surface area contributed by atoms with Gasteiger partial charge in [0, 0.05) is 19.6 Å². The highest BCUT2D eigenvalue weighted by molar-refractivity contribution is 5.80. The van der Waals surface area contributed by atoms with E-state index < -0.39 is 5.97 Å². The fourth-order valence-electron chi connectivity index (χ4n) is 2.15. The van der Waals surface area contributed by atoms with Gasteiger partial charge < -0.3 is 14.9 Å². The fraction of sp³-hybridized carbons (Fsp3) is 0.385. The SMILES string of the molecule is CCN(CC(=O)O)C(=O)N1Cc2ccccc2C1. The lowest BCUT2D eigenvalue weighted by molar-refractivity contribution is -0.137. The van der Waals surface area contributed by atoms with Crippen molar-refractivity contribution in [3.8, 4) is 0 Å². The first kappa shape index (κ1) is 12.4. The van der Waals surface area contributed by atoms with E-state index in [4.69, 9.17) is 5.11 Å². The molecular weight excluding hydrogens is 232 g/mol. The van der Waals surface area contributed by atoms with E-state index in [1.165, 1.54) is 4.90 Å². The standard InChI is InChI=1S/C13H16N2O3/c1-2-14(9-12(16)17)13(18)15-7-10-5-3-4-6-11(10)8-15/h3-6H,2,7-9H2,1H3,(H,16,17). The van der Waals surface area contributed by atoms with E-state index in [0.29, 0.717) is 19.6 Å². The maximum atomic E-state index is 12.2. The van der Waals surface area contributed by atoms with E-state index in [-0.39, 0.29) is 12.6 Å². The van der Waals surface area contributed by atoms with Crippen LogP contribution in [0.4, 0.5) is 4.79 Å². The molecule has 0 radical (unpaired) electrons. The monoisotopic (exact) mass is 248 g/mol. The Morgan fingerprint density at radius 1 is 1.28 bits per heavy atom. The number of carboxylic acid groups (broad SMARTS) is 1. The van der Waals surface area contributed by atoms with Crippen molar-refractivity contribution in [2.75, 3.05) is 13.1 Å². The van der Waals surface area contributed by atoms with Gasteiger partial charge in [-0.05, 0) is 18.1 Å². The number of urea groups is 1. The molecule has 2 amide bonds. The Morgan fingerprint density at radius 3 is 2.28 bits per heavy atom. The van der Waals surface area contributed by atoms with Gasteiger partial charge >= 0.3 is 12.0 Å². The minimum atomic E-state index is -0.984. The number of hydrogen-bond donors (Lipinski definition) is 1. The van der Waals surface area contributed by atoms with Crippen LogP contribution in [0.2, 0.25) is 0 Å². The molecule has 2 rings (SSSR count). The second-order valence-corrected chi connectivity index (χ2v) is 4.32. The average Bonchev–Trinajstić information content (AvgIpc) is 2.78. The average molecular weight is 248 g/mol. The van der Waals surface area contributed by atoms with E-state index >= 15 is 0 Å². The molecule has 0 fully saturated rings. The number of fused-ring (bicyclic) bond motifs is 1. The smallest absolute Gasteiger partial charge is 0.323 e. The fourth-order valence-corrected chi connectivity index (χ4v) is 2.15. The van der Waals surface area contributed by atoms with Crippen LogP contribution in [0.25, 0.3) is 0 Å². The Balaban J connectivity index is 2.06. The van der Waals surface area contributed by atoms with Gasteiger partial charge in [0.25, 0.3) is 0 Å². The minimum Gasteiger partial charge on any atom is -0.480 e. The summed E-state index contributed by atoms with van der Waals surface area (Å²) in [7, 11) is 0. The summed E-state index contributed by atoms with van der Waals surface area (Å²) in [6, 6.07) is 7.67. The lowest BCUT2D eigenvalue weighted by atomic mass is 10.1. The molecule has 5 nitrogen and oxygen atoms in total. The maximum Gasteiger partial charge on any atom is 0.323 e. The van der Waals surface area contributed by atoms with Gasteiger partial charge in [0.15, 0.2) is 0 Å². The molecule has 1 N–H and O–H groups in total. The van der Waals surface area contributed by atoms with E-state index in [2.05, 4.69) is 0 Å². The summed E-state index contributed by atoms with van der Waals surface area (Å²) < 4.78 is 0. The summed E-state index contributed by atoms with van der Waals surface area (Å²) in [5, 5.41) is 8.77. The zero-order valence-corrected chi connectivity index (χ0v) is 10.3. The Labute approximate surface area is 106 Å². The molecule has 18 heavy (non-hydrogen) atoms. The molecule has 96 valence electrons. The number of carboxylic acids is 1. The zero-order valence-electron chi connectivity index (χ0n) is 10.3. The maximum absolute atomic E-state index is 12.2. The predicted molar refractivity (Wildman–Crippen MR) is 66.0 cm³/mol. The lowest BCUT2D eigenvalue weighted by Gasteiger charge is -2.25. The molecule has 0 aromatic heterocycles. The summed E-state index contributed by atoms with van der Waals surface area (Å²) in [6.07, 6.45) is 0. The minimum absolute atomic E-state index is 0.212. The molecule has 1 aromatic carbocycles. The summed E-state index contributed by atoms with van der Waals surface area (Å²) in [5.41, 5.74) is 2.27. The van der Waals surface area contributed by atoms with E-state index in [0.717, 1.165) is 11.1 Å². The Morgan fingerprint density at radius 2 is 1.83 bits per heavy atom. The van der Waals surface area contributed by atoms with Gasteiger partial charge in [0.05, 0.1) is 0 Å². The highest BCUT2D eigenvalue weighted by atomic mass is 16.4. The van der Waals surface area contributed by atoms with Gasteiger partial charge in [-0.15, -0.1) is 0 Å². The number of hydrogen-bond acceptors (Lipinski definition) is 2. The number of aliphatic carboxylic acids is 1. The predicted octanol–water partition coefficient (Wildman–Crippen LogP) is 1.53. The normalized spacial score (nSPS) is 13.3. The topological polar surface area (TPSA) is 60.9 Å². The van der Waals surface area contributed by atoms with Crippen LogP contribution in [0.15, 0.2) is 24.3 Å². The molecule has 0 saturated heterocycles. The Kier molecular flexibility index (Phi) is 3.50. The molecule has 5 heteroatoms. The molecular formula is C13H16N2O3. The number of carbonyl (C=O) groups excluding carboxylic acids is 1. The highest BCUT2D eigenvalue weighted by Crippen LogP contribution is 2.23. The lowest BCUT2D eigenvalue weighted by Crippen LogP contribution is -2.43. The van der Waals surface area contributed by atoms with Crippen molar-refractivity contribution in [2.45, 2.75) is 20.0 Å². The second kappa shape index (κ2) is 5.08. The van der Waals surface area contributed by atoms with Crippen LogP contribution in [-0.4, -0.2) is 40.0 Å². The third-order valence-corrected chi connectivity index (χ3v) is 3.09. The molecule has 0 bridgehead atoms. The van der Waals surface area contributed by atoms with Crippen molar-refractivity contribution in [1.82, 2.24) is 9.80 Å². The van der Waals surface area contributed by atoms with Crippen LogP contribution in [-0.2, 0) is 17.9 Å². The van der Waals surface area contributed by atoms with Crippen LogP contribution in [0, 0.1) is 0 Å². The molecule has 0 atom stereocenters. The number of amides is 2. The van der Waals surface area contributed by atoms with Gasteiger partial charge in [0.1, 0.15) is 6.54 Å². The van der Waals surface area contributed by atoms with E-state index in [1.54, 1.807) is 11.8 Å². The Hall–Kier alpha value is -2.04. The van der Waals surface area contributed by atoms with Gasteiger partial charge in [-0.3, -0.25) is 4.79 Å². The second-order valence-electron chi connectivity index (χ2n) is 4.32. The number of benzene rings is 1. The van der Waals surface area contributed by atoms with Crippen molar-refractivity contribution >= 4 is 12.0 Å². The van der Waals surface area contributed by atoms with Crippen LogP contribution in [0.1, 0.15) is 18.1 Å². The summed E-state index contributed by atoms with van der Waals surface area (Å²) >= 11 is 0. The third kappa shape index (κ3) is 2.45. The van der Waals surface area contributed by atoms with Crippen LogP contribution < -0.4 is 0 Å². The molecule has 1 aromatic rings. The van der Waals surface area contributed by atoms with Crippen molar-refractivity contribution in [3.05, 3.63) is 35.4 Å². The molecule has 0 spiro atoms. The van der Waals surface area contributed by atoms with E-state index in [9.17, 15) is 9.59 Å². The van der Waals surface area contributed by atoms with Crippen LogP contribution in [0.3, 0.4) is 0 Å². The summed E-state index contributed by atoms with van der Waals surface area (Å²) in [4.78, 5) is 25.9. The first-order valence-corrected chi connectivity index (χ1v) is 5.94. The van der Waals surface area contributed by atoms with Gasteiger partial charge in [-0.25, -0.2) is 4.79 Å². The Bertz CT molecular complexity index is 448. The first-order chi connectivity index (χ1) is 8.61. The molecule has 0 unspecified atom stereocenters. The van der Waals surface area contributed by atoms with Crippen molar-refractivity contribution in [3.63, 3.8) is 0 Å². The van der Waals surface area contributed by atoms with Crippen LogP contribution >= 0.6 is 0 Å². The zero-order chi connectivity index (χ0) is 13.1. The number of likely N-dealkylation sites (N-methyl/N-ethyl adjacent to an activating group) is 1. The van der Waals surface area contributed by atoms with Gasteiger partial charge in [-0.1, -0.05) is 24.3 Å². The number of carbonyl (C=O) groups is 2. The number of rotatable bonds is 3. The van der Waals surface area contributed by atoms with Crippen molar-refractivity contribution in [2.24, 2.45) is 0 Å². The summed E-state index contributed by atoms with van der Waals surface area (Å²) in [6.45, 7) is 3.06. The van der Waals surface area contributed by atoms with Crippen molar-refractivity contribution in [1.29, 1.82) is 0 Å². The number of nitrogens with zero attached hydrogens (tertiary/aromatic N) is 2. The van der Waals surface area contributed by atoms with Gasteiger partial charge in [-0.2, -0.15) is 0 Å². The van der Waals surface area contributed by atoms with E-state index in [1.807, 2.05) is 24.3 Å². The van der Waals surface area contributed by atoms with Gasteiger partial charge in [0.2, 0.25) is 0 Å². The third-order valence-electron chi connectivity index (χ3n) is 3.09. The highest BCUT2D eigenvalue weighted by Gasteiger charge is 2.27. The molecule has 1 heterocycles. The molecule has 1 aliphatic rings. The molecule has 0 saturated carbocycles. The largest absolute Gasteiger partial charge is 0.480 e.